The Kier molecular flexibility index (Phi) is 5.06. The molecule has 94 valence electrons. The van der Waals surface area contributed by atoms with Crippen LogP contribution in [0, 0.1) is 0 Å². The van der Waals surface area contributed by atoms with Gasteiger partial charge in [0.05, 0.1) is 0 Å². The molecular weight excluding hydrogens is 227 g/mol. The molecule has 0 spiro atoms. The highest BCUT2D eigenvalue weighted by Crippen LogP contribution is 2.12. The van der Waals surface area contributed by atoms with Crippen LogP contribution in [-0.2, 0) is 4.79 Å². The van der Waals surface area contributed by atoms with Crippen molar-refractivity contribution in [2.75, 3.05) is 13.1 Å². The molecule has 3 amide bonds. The molecule has 0 aromatic heterocycles. The maximum absolute atomic E-state index is 11.8. The summed E-state index contributed by atoms with van der Waals surface area (Å²) in [7, 11) is 0. The smallest absolute Gasteiger partial charge is 0.368 e. The fourth-order valence-electron chi connectivity index (χ4n) is 0.934. The Morgan fingerprint density at radius 2 is 1.88 bits per heavy atom. The van der Waals surface area contributed by atoms with E-state index in [0.717, 1.165) is 4.90 Å². The molecule has 0 heterocycles. The predicted octanol–water partition coefficient (Wildman–Crippen LogP) is 0.454. The lowest BCUT2D eigenvalue weighted by Gasteiger charge is -2.25. The minimum Gasteiger partial charge on any atom is -0.368 e. The number of carbonyl (C=O) groups is 2. The highest BCUT2D eigenvalue weighted by molar-refractivity contribution is 5.83. The van der Waals surface area contributed by atoms with Crippen molar-refractivity contribution < 1.29 is 22.8 Å². The first-order valence-electron chi connectivity index (χ1n) is 4.53. The van der Waals surface area contributed by atoms with Crippen LogP contribution < -0.4 is 11.1 Å². The molecule has 0 saturated heterocycles. The monoisotopic (exact) mass is 241 g/mol. The molecule has 16 heavy (non-hydrogen) atoms. The van der Waals surface area contributed by atoms with Gasteiger partial charge in [0.1, 0.15) is 13.1 Å². The van der Waals surface area contributed by atoms with E-state index in [4.69, 9.17) is 5.73 Å². The third kappa shape index (κ3) is 6.10. The van der Waals surface area contributed by atoms with Crippen LogP contribution >= 0.6 is 0 Å². The number of amides is 3. The van der Waals surface area contributed by atoms with Gasteiger partial charge in [0.15, 0.2) is 0 Å². The molecule has 5 nitrogen and oxygen atoms in total. The molecule has 0 aromatic rings. The Bertz CT molecular complexity index is 266. The number of carbonyl (C=O) groups excluding carboxylic acids is 2. The Hall–Kier alpha value is -1.47. The lowest BCUT2D eigenvalue weighted by Crippen LogP contribution is -2.49. The van der Waals surface area contributed by atoms with Crippen molar-refractivity contribution in [2.24, 2.45) is 5.73 Å². The van der Waals surface area contributed by atoms with Crippen molar-refractivity contribution in [1.29, 1.82) is 0 Å². The van der Waals surface area contributed by atoms with Crippen molar-refractivity contribution in [1.82, 2.24) is 10.2 Å². The summed E-state index contributed by atoms with van der Waals surface area (Å²) in [6.07, 6.45) is -4.48. The molecule has 0 aromatic carbocycles. The lowest BCUT2D eigenvalue weighted by molar-refractivity contribution is -0.123. The van der Waals surface area contributed by atoms with E-state index in [2.05, 4.69) is 0 Å². The summed E-state index contributed by atoms with van der Waals surface area (Å²) in [5.41, 5.74) is 4.87. The molecule has 0 atom stereocenters. The predicted molar refractivity (Wildman–Crippen MR) is 50.5 cm³/mol. The molecule has 0 radical (unpaired) electrons. The highest BCUT2D eigenvalue weighted by atomic mass is 19.4. The van der Waals surface area contributed by atoms with E-state index in [-0.39, 0.29) is 0 Å². The first-order chi connectivity index (χ1) is 7.13. The minimum atomic E-state index is -4.48. The van der Waals surface area contributed by atoms with Crippen molar-refractivity contribution in [3.63, 3.8) is 0 Å². The molecule has 3 N–H and O–H groups in total. The van der Waals surface area contributed by atoms with Gasteiger partial charge in [-0.1, -0.05) is 0 Å². The lowest BCUT2D eigenvalue weighted by atomic mass is 10.3. The summed E-state index contributed by atoms with van der Waals surface area (Å²) >= 11 is 0. The molecule has 0 rings (SSSR count). The summed E-state index contributed by atoms with van der Waals surface area (Å²) in [6.45, 7) is 1.28. The van der Waals surface area contributed by atoms with Crippen LogP contribution in [0.1, 0.15) is 13.8 Å². The van der Waals surface area contributed by atoms with Crippen LogP contribution in [0.4, 0.5) is 18.0 Å². The van der Waals surface area contributed by atoms with Crippen LogP contribution in [0.3, 0.4) is 0 Å². The van der Waals surface area contributed by atoms with Gasteiger partial charge in [-0.15, -0.1) is 0 Å². The van der Waals surface area contributed by atoms with E-state index in [0.29, 0.717) is 0 Å². The second-order valence-electron chi connectivity index (χ2n) is 3.46. The second-order valence-corrected chi connectivity index (χ2v) is 3.46. The van der Waals surface area contributed by atoms with E-state index in [1.54, 1.807) is 19.2 Å². The van der Waals surface area contributed by atoms with Gasteiger partial charge in [0.25, 0.3) is 0 Å². The number of nitrogens with one attached hydrogen (secondary N) is 1. The van der Waals surface area contributed by atoms with Gasteiger partial charge in [-0.25, -0.2) is 4.79 Å². The quantitative estimate of drug-likeness (QED) is 0.750. The number of rotatable bonds is 4. The first kappa shape index (κ1) is 14.5. The summed E-state index contributed by atoms with van der Waals surface area (Å²) in [5, 5.41) is 1.66. The molecule has 0 aliphatic carbocycles. The Balaban J connectivity index is 4.34. The number of nitrogens with two attached hydrogens (primary N) is 1. The molecule has 0 bridgehead atoms. The fraction of sp³-hybridized carbons (Fsp3) is 0.750. The zero-order valence-electron chi connectivity index (χ0n) is 8.97. The SMILES string of the molecule is CC(C)N(CC(N)=O)C(=O)NCC(F)(F)F. The average Bonchev–Trinajstić information content (AvgIpc) is 2.08. The van der Waals surface area contributed by atoms with Crippen LogP contribution in [0.5, 0.6) is 0 Å². The van der Waals surface area contributed by atoms with Gasteiger partial charge >= 0.3 is 12.2 Å². The van der Waals surface area contributed by atoms with Gasteiger partial charge < -0.3 is 16.0 Å². The summed E-state index contributed by atoms with van der Waals surface area (Å²) in [5.74, 6) is -0.782. The number of alkyl halides is 3. The number of nitrogens with zero attached hydrogens (tertiary/aromatic N) is 1. The van der Waals surface area contributed by atoms with E-state index >= 15 is 0 Å². The topological polar surface area (TPSA) is 75.4 Å². The third-order valence-corrected chi connectivity index (χ3v) is 1.65. The van der Waals surface area contributed by atoms with Crippen molar-refractivity contribution in [3.8, 4) is 0 Å². The second kappa shape index (κ2) is 5.57. The zero-order chi connectivity index (χ0) is 12.9. The Morgan fingerprint density at radius 1 is 1.38 bits per heavy atom. The van der Waals surface area contributed by atoms with Crippen LogP contribution in [0.15, 0.2) is 0 Å². The van der Waals surface area contributed by atoms with Gasteiger partial charge in [-0.2, -0.15) is 13.2 Å². The summed E-state index contributed by atoms with van der Waals surface area (Å²) < 4.78 is 35.5. The van der Waals surface area contributed by atoms with Gasteiger partial charge in [0.2, 0.25) is 5.91 Å². The Morgan fingerprint density at radius 3 is 2.19 bits per heavy atom. The summed E-state index contributed by atoms with van der Waals surface area (Å²) in [4.78, 5) is 22.8. The van der Waals surface area contributed by atoms with E-state index < -0.39 is 37.2 Å². The van der Waals surface area contributed by atoms with Crippen molar-refractivity contribution in [3.05, 3.63) is 0 Å². The van der Waals surface area contributed by atoms with Crippen LogP contribution in [-0.4, -0.2) is 42.1 Å². The summed E-state index contributed by atoms with van der Waals surface area (Å²) in [6, 6.07) is -1.38. The van der Waals surface area contributed by atoms with Gasteiger partial charge in [-0.3, -0.25) is 4.79 Å². The standard InChI is InChI=1S/C8H14F3N3O2/c1-5(2)14(3-6(12)15)7(16)13-4-8(9,10)11/h5H,3-4H2,1-2H3,(H2,12,15)(H,13,16). The molecular formula is C8H14F3N3O2. The van der Waals surface area contributed by atoms with E-state index in [1.165, 1.54) is 0 Å². The molecule has 0 aliphatic heterocycles. The van der Waals surface area contributed by atoms with Crippen molar-refractivity contribution in [2.45, 2.75) is 26.1 Å². The van der Waals surface area contributed by atoms with Gasteiger partial charge in [-0.05, 0) is 13.8 Å². The molecule has 0 saturated carbocycles. The minimum absolute atomic E-state index is 0.415. The highest BCUT2D eigenvalue weighted by Gasteiger charge is 2.29. The third-order valence-electron chi connectivity index (χ3n) is 1.65. The molecule has 0 unspecified atom stereocenters. The van der Waals surface area contributed by atoms with Crippen molar-refractivity contribution >= 4 is 11.9 Å². The molecule has 8 heteroatoms. The normalized spacial score (nSPS) is 11.4. The number of halogens is 3. The van der Waals surface area contributed by atoms with Gasteiger partial charge in [0, 0.05) is 6.04 Å². The average molecular weight is 241 g/mol. The number of hydrogen-bond donors (Lipinski definition) is 2. The van der Waals surface area contributed by atoms with Crippen LogP contribution in [0.2, 0.25) is 0 Å². The fourth-order valence-corrected chi connectivity index (χ4v) is 0.934. The largest absolute Gasteiger partial charge is 0.405 e. The van der Waals surface area contributed by atoms with E-state index in [1.807, 2.05) is 0 Å². The van der Waals surface area contributed by atoms with E-state index in [9.17, 15) is 22.8 Å². The number of urea groups is 1. The number of hydrogen-bond acceptors (Lipinski definition) is 2. The number of primary amides is 1. The first-order valence-corrected chi connectivity index (χ1v) is 4.53. The molecule has 0 fully saturated rings. The Labute approximate surface area is 90.8 Å². The maximum atomic E-state index is 11.8. The van der Waals surface area contributed by atoms with Crippen LogP contribution in [0.25, 0.3) is 0 Å². The zero-order valence-corrected chi connectivity index (χ0v) is 8.97. The molecule has 0 aliphatic rings. The maximum Gasteiger partial charge on any atom is 0.405 e.